The third-order valence-electron chi connectivity index (χ3n) is 3.93. The SMILES string of the molecule is Cc1nn(C)c(C)c1/C=C\C(=O)Nc1nnc(Cc2ccc(F)cc2)s1. The molecule has 2 aromatic heterocycles. The van der Waals surface area contributed by atoms with Gasteiger partial charge in [0.25, 0.3) is 0 Å². The number of nitrogens with zero attached hydrogens (tertiary/aromatic N) is 4. The molecule has 0 saturated heterocycles. The number of carbonyl (C=O) groups is 1. The molecule has 26 heavy (non-hydrogen) atoms. The van der Waals surface area contributed by atoms with E-state index in [0.717, 1.165) is 27.5 Å². The predicted molar refractivity (Wildman–Crippen MR) is 99.5 cm³/mol. The molecule has 0 atom stereocenters. The summed E-state index contributed by atoms with van der Waals surface area (Å²) >= 11 is 1.29. The lowest BCUT2D eigenvalue weighted by molar-refractivity contribution is -0.111. The first kappa shape index (κ1) is 17.9. The summed E-state index contributed by atoms with van der Waals surface area (Å²) < 4.78 is 14.7. The van der Waals surface area contributed by atoms with E-state index in [1.54, 1.807) is 22.9 Å². The third kappa shape index (κ3) is 4.20. The Labute approximate surface area is 154 Å². The first-order valence-electron chi connectivity index (χ1n) is 7.98. The second-order valence-electron chi connectivity index (χ2n) is 5.83. The van der Waals surface area contributed by atoms with Crippen LogP contribution in [0.4, 0.5) is 9.52 Å². The molecule has 0 spiro atoms. The van der Waals surface area contributed by atoms with Crippen LogP contribution in [0.5, 0.6) is 0 Å². The zero-order valence-electron chi connectivity index (χ0n) is 14.7. The first-order chi connectivity index (χ1) is 12.4. The molecule has 1 aromatic carbocycles. The van der Waals surface area contributed by atoms with Gasteiger partial charge in [0, 0.05) is 30.8 Å². The topological polar surface area (TPSA) is 72.7 Å². The largest absolute Gasteiger partial charge is 0.297 e. The number of anilines is 1. The van der Waals surface area contributed by atoms with Gasteiger partial charge in [0.1, 0.15) is 10.8 Å². The molecule has 0 aliphatic carbocycles. The van der Waals surface area contributed by atoms with Crippen LogP contribution < -0.4 is 5.32 Å². The number of aromatic nitrogens is 4. The lowest BCUT2D eigenvalue weighted by Crippen LogP contribution is -2.07. The van der Waals surface area contributed by atoms with Crippen molar-refractivity contribution < 1.29 is 9.18 Å². The van der Waals surface area contributed by atoms with E-state index in [4.69, 9.17) is 0 Å². The summed E-state index contributed by atoms with van der Waals surface area (Å²) in [5.41, 5.74) is 3.72. The van der Waals surface area contributed by atoms with Crippen LogP contribution in [0.25, 0.3) is 6.08 Å². The van der Waals surface area contributed by atoms with Crippen LogP contribution in [-0.2, 0) is 18.3 Å². The van der Waals surface area contributed by atoms with Gasteiger partial charge in [0.2, 0.25) is 11.0 Å². The molecule has 3 aromatic rings. The van der Waals surface area contributed by atoms with E-state index < -0.39 is 0 Å². The molecule has 0 aliphatic rings. The molecule has 3 rings (SSSR count). The smallest absolute Gasteiger partial charge is 0.250 e. The highest BCUT2D eigenvalue weighted by atomic mass is 32.1. The number of halogens is 1. The molecule has 0 fully saturated rings. The first-order valence-corrected chi connectivity index (χ1v) is 8.80. The Bertz CT molecular complexity index is 959. The highest BCUT2D eigenvalue weighted by molar-refractivity contribution is 7.15. The van der Waals surface area contributed by atoms with Crippen molar-refractivity contribution in [3.63, 3.8) is 0 Å². The normalized spacial score (nSPS) is 11.2. The maximum atomic E-state index is 12.9. The minimum absolute atomic E-state index is 0.273. The highest BCUT2D eigenvalue weighted by Gasteiger charge is 2.09. The van der Waals surface area contributed by atoms with Crippen LogP contribution in [0.3, 0.4) is 0 Å². The van der Waals surface area contributed by atoms with E-state index in [9.17, 15) is 9.18 Å². The number of hydrogen-bond acceptors (Lipinski definition) is 5. The minimum atomic E-state index is -0.280. The Kier molecular flexibility index (Phi) is 5.22. The molecular weight excluding hydrogens is 353 g/mol. The quantitative estimate of drug-likeness (QED) is 0.699. The molecule has 2 heterocycles. The van der Waals surface area contributed by atoms with Crippen LogP contribution in [0.2, 0.25) is 0 Å². The second-order valence-corrected chi connectivity index (χ2v) is 6.90. The van der Waals surface area contributed by atoms with Gasteiger partial charge in [-0.15, -0.1) is 10.2 Å². The molecule has 8 heteroatoms. The van der Waals surface area contributed by atoms with Crippen LogP contribution in [0.1, 0.15) is 27.5 Å². The van der Waals surface area contributed by atoms with Gasteiger partial charge in [-0.2, -0.15) is 5.10 Å². The van der Waals surface area contributed by atoms with Crippen molar-refractivity contribution in [3.8, 4) is 0 Å². The molecule has 0 bridgehead atoms. The fraction of sp³-hybridized carbons (Fsp3) is 0.222. The van der Waals surface area contributed by atoms with Crippen molar-refractivity contribution in [1.82, 2.24) is 20.0 Å². The monoisotopic (exact) mass is 371 g/mol. The van der Waals surface area contributed by atoms with E-state index in [0.29, 0.717) is 11.6 Å². The Morgan fingerprint density at radius 3 is 2.65 bits per heavy atom. The average molecular weight is 371 g/mol. The number of rotatable bonds is 5. The third-order valence-corrected chi connectivity index (χ3v) is 4.77. The van der Waals surface area contributed by atoms with Gasteiger partial charge in [-0.25, -0.2) is 4.39 Å². The predicted octanol–water partition coefficient (Wildman–Crippen LogP) is 3.27. The molecule has 1 amide bonds. The maximum absolute atomic E-state index is 12.9. The molecule has 0 aliphatic heterocycles. The number of carbonyl (C=O) groups excluding carboxylic acids is 1. The molecule has 1 N–H and O–H groups in total. The Morgan fingerprint density at radius 2 is 2.00 bits per heavy atom. The van der Waals surface area contributed by atoms with Crippen LogP contribution in [-0.4, -0.2) is 25.9 Å². The molecule has 134 valence electrons. The van der Waals surface area contributed by atoms with Crippen LogP contribution in [0.15, 0.2) is 30.3 Å². The summed E-state index contributed by atoms with van der Waals surface area (Å²) in [6.45, 7) is 3.85. The van der Waals surface area contributed by atoms with E-state index in [1.807, 2.05) is 20.9 Å². The minimum Gasteiger partial charge on any atom is -0.297 e. The molecule has 0 unspecified atom stereocenters. The summed E-state index contributed by atoms with van der Waals surface area (Å²) in [5, 5.41) is 16.2. The molecule has 0 saturated carbocycles. The lowest BCUT2D eigenvalue weighted by Gasteiger charge is -1.97. The van der Waals surface area contributed by atoms with Gasteiger partial charge in [-0.05, 0) is 37.6 Å². The van der Waals surface area contributed by atoms with E-state index >= 15 is 0 Å². The second kappa shape index (κ2) is 7.57. The standard InChI is InChI=1S/C18H18FN5OS/c1-11-15(12(2)24(3)23-11)8-9-16(25)20-18-22-21-17(26-18)10-13-4-6-14(19)7-5-13/h4-9H,10H2,1-3H3,(H,20,22,25)/b9-8-. The van der Waals surface area contributed by atoms with Crippen molar-refractivity contribution in [1.29, 1.82) is 0 Å². The van der Waals surface area contributed by atoms with Gasteiger partial charge in [0.05, 0.1) is 5.69 Å². The fourth-order valence-electron chi connectivity index (χ4n) is 2.49. The highest BCUT2D eigenvalue weighted by Crippen LogP contribution is 2.19. The number of hydrogen-bond donors (Lipinski definition) is 1. The van der Waals surface area contributed by atoms with Crippen molar-refractivity contribution >= 4 is 28.5 Å². The van der Waals surface area contributed by atoms with Gasteiger partial charge >= 0.3 is 0 Å². The van der Waals surface area contributed by atoms with Crippen molar-refractivity contribution in [2.45, 2.75) is 20.3 Å². The lowest BCUT2D eigenvalue weighted by atomic mass is 10.2. The number of aryl methyl sites for hydroxylation is 2. The van der Waals surface area contributed by atoms with E-state index in [1.165, 1.54) is 29.5 Å². The zero-order valence-corrected chi connectivity index (χ0v) is 15.5. The van der Waals surface area contributed by atoms with Gasteiger partial charge < -0.3 is 0 Å². The number of benzene rings is 1. The van der Waals surface area contributed by atoms with Crippen LogP contribution in [0, 0.1) is 19.7 Å². The molecule has 0 radical (unpaired) electrons. The average Bonchev–Trinajstić information content (AvgIpc) is 3.12. The number of amides is 1. The van der Waals surface area contributed by atoms with Crippen molar-refractivity contribution in [2.24, 2.45) is 7.05 Å². The van der Waals surface area contributed by atoms with E-state index in [2.05, 4.69) is 20.6 Å². The van der Waals surface area contributed by atoms with E-state index in [-0.39, 0.29) is 11.7 Å². The zero-order chi connectivity index (χ0) is 18.7. The van der Waals surface area contributed by atoms with Gasteiger partial charge in [-0.1, -0.05) is 23.5 Å². The summed E-state index contributed by atoms with van der Waals surface area (Å²) in [5.74, 6) is -0.554. The molecule has 6 nitrogen and oxygen atoms in total. The Morgan fingerprint density at radius 1 is 1.27 bits per heavy atom. The summed E-state index contributed by atoms with van der Waals surface area (Å²) in [7, 11) is 1.86. The fourth-order valence-corrected chi connectivity index (χ4v) is 3.27. The van der Waals surface area contributed by atoms with Crippen molar-refractivity contribution in [3.05, 3.63) is 63.7 Å². The summed E-state index contributed by atoms with van der Waals surface area (Å²) in [4.78, 5) is 12.1. The van der Waals surface area contributed by atoms with Gasteiger partial charge in [0.15, 0.2) is 0 Å². The number of nitrogens with one attached hydrogen (secondary N) is 1. The Balaban J connectivity index is 1.62. The van der Waals surface area contributed by atoms with Crippen molar-refractivity contribution in [2.75, 3.05) is 5.32 Å². The van der Waals surface area contributed by atoms with Gasteiger partial charge in [-0.3, -0.25) is 14.8 Å². The summed E-state index contributed by atoms with van der Waals surface area (Å²) in [6, 6.07) is 6.23. The maximum Gasteiger partial charge on any atom is 0.250 e. The summed E-state index contributed by atoms with van der Waals surface area (Å²) in [6.07, 6.45) is 3.74. The Hall–Kier alpha value is -2.87. The molecular formula is C18H18FN5OS. The van der Waals surface area contributed by atoms with Crippen LogP contribution >= 0.6 is 11.3 Å².